The monoisotopic (exact) mass is 336 g/mol. The van der Waals surface area contributed by atoms with Gasteiger partial charge in [0.25, 0.3) is 5.56 Å². The van der Waals surface area contributed by atoms with Gasteiger partial charge in [0.05, 0.1) is 6.61 Å². The summed E-state index contributed by atoms with van der Waals surface area (Å²) in [5, 5.41) is 4.30. The molecule has 128 valence electrons. The molecule has 5 nitrogen and oxygen atoms in total. The molecular formula is C20H20N2O3. The molecule has 0 aliphatic carbocycles. The average Bonchev–Trinajstić information content (AvgIpc) is 2.63. The highest BCUT2D eigenvalue weighted by molar-refractivity contribution is 5.93. The molecule has 1 heterocycles. The fraction of sp³-hybridized carbons (Fsp3) is 0.200. The highest BCUT2D eigenvalue weighted by Crippen LogP contribution is 2.17. The molecule has 0 spiro atoms. The van der Waals surface area contributed by atoms with Gasteiger partial charge in [-0.1, -0.05) is 18.2 Å². The van der Waals surface area contributed by atoms with Crippen LogP contribution in [0.5, 0.6) is 5.75 Å². The third-order valence-electron chi connectivity index (χ3n) is 4.07. The Morgan fingerprint density at radius 2 is 1.84 bits per heavy atom. The SMILES string of the molecule is CCOc1ccc(NC(=O)C(C)n2ccc3ccccc3c2=O)cc1. The Labute approximate surface area is 145 Å². The Morgan fingerprint density at radius 1 is 1.12 bits per heavy atom. The van der Waals surface area contributed by atoms with E-state index in [0.717, 1.165) is 11.1 Å². The summed E-state index contributed by atoms with van der Waals surface area (Å²) in [5.41, 5.74) is 0.488. The zero-order valence-corrected chi connectivity index (χ0v) is 14.2. The fourth-order valence-electron chi connectivity index (χ4n) is 2.68. The molecule has 3 rings (SSSR count). The van der Waals surface area contributed by atoms with Crippen molar-refractivity contribution in [1.29, 1.82) is 0 Å². The standard InChI is InChI=1S/C20H20N2O3/c1-3-25-17-10-8-16(9-11-17)21-19(23)14(2)22-13-12-15-6-4-5-7-18(15)20(22)24/h4-14H,3H2,1-2H3,(H,21,23). The van der Waals surface area contributed by atoms with Gasteiger partial charge >= 0.3 is 0 Å². The summed E-state index contributed by atoms with van der Waals surface area (Å²) in [6, 6.07) is 15.7. The lowest BCUT2D eigenvalue weighted by molar-refractivity contribution is -0.118. The minimum atomic E-state index is -0.622. The van der Waals surface area contributed by atoms with Crippen molar-refractivity contribution in [3.63, 3.8) is 0 Å². The largest absolute Gasteiger partial charge is 0.494 e. The molecule has 1 N–H and O–H groups in total. The summed E-state index contributed by atoms with van der Waals surface area (Å²) in [6.45, 7) is 4.21. The summed E-state index contributed by atoms with van der Waals surface area (Å²) >= 11 is 0. The molecule has 25 heavy (non-hydrogen) atoms. The summed E-state index contributed by atoms with van der Waals surface area (Å²) in [4.78, 5) is 25.1. The van der Waals surface area contributed by atoms with E-state index < -0.39 is 6.04 Å². The highest BCUT2D eigenvalue weighted by Gasteiger charge is 2.17. The van der Waals surface area contributed by atoms with Crippen LogP contribution in [-0.4, -0.2) is 17.1 Å². The minimum absolute atomic E-state index is 0.174. The third-order valence-corrected chi connectivity index (χ3v) is 4.07. The van der Waals surface area contributed by atoms with Gasteiger partial charge in [0, 0.05) is 17.3 Å². The van der Waals surface area contributed by atoms with E-state index in [1.807, 2.05) is 31.2 Å². The van der Waals surface area contributed by atoms with Crippen molar-refractivity contribution in [2.75, 3.05) is 11.9 Å². The van der Waals surface area contributed by atoms with Gasteiger partial charge in [-0.2, -0.15) is 0 Å². The number of hydrogen-bond acceptors (Lipinski definition) is 3. The number of carbonyl (C=O) groups is 1. The van der Waals surface area contributed by atoms with Crippen LogP contribution in [0.1, 0.15) is 19.9 Å². The number of carbonyl (C=O) groups excluding carboxylic acids is 1. The normalized spacial score (nSPS) is 11.9. The Bertz CT molecular complexity index is 945. The number of benzene rings is 2. The number of rotatable bonds is 5. The first kappa shape index (κ1) is 16.8. The number of aromatic nitrogens is 1. The van der Waals surface area contributed by atoms with Crippen LogP contribution in [0.2, 0.25) is 0 Å². The summed E-state index contributed by atoms with van der Waals surface area (Å²) in [5.74, 6) is 0.501. The van der Waals surface area contributed by atoms with Crippen molar-refractivity contribution in [2.45, 2.75) is 19.9 Å². The summed E-state index contributed by atoms with van der Waals surface area (Å²) in [6.07, 6.45) is 1.66. The van der Waals surface area contributed by atoms with Gasteiger partial charge in [-0.15, -0.1) is 0 Å². The van der Waals surface area contributed by atoms with Crippen LogP contribution in [0.15, 0.2) is 65.6 Å². The van der Waals surface area contributed by atoms with E-state index in [1.54, 1.807) is 43.5 Å². The number of amides is 1. The molecular weight excluding hydrogens is 316 g/mol. The zero-order valence-electron chi connectivity index (χ0n) is 14.2. The zero-order chi connectivity index (χ0) is 17.8. The Balaban J connectivity index is 1.80. The van der Waals surface area contributed by atoms with Gasteiger partial charge in [-0.3, -0.25) is 9.59 Å². The van der Waals surface area contributed by atoms with Crippen LogP contribution < -0.4 is 15.6 Å². The van der Waals surface area contributed by atoms with Crippen LogP contribution in [0, 0.1) is 0 Å². The second-order valence-corrected chi connectivity index (χ2v) is 5.74. The molecule has 1 unspecified atom stereocenters. The number of ether oxygens (including phenoxy) is 1. The fourth-order valence-corrected chi connectivity index (χ4v) is 2.68. The minimum Gasteiger partial charge on any atom is -0.494 e. The van der Waals surface area contributed by atoms with Crippen molar-refractivity contribution >= 4 is 22.4 Å². The van der Waals surface area contributed by atoms with E-state index in [0.29, 0.717) is 17.7 Å². The summed E-state index contributed by atoms with van der Waals surface area (Å²) < 4.78 is 6.83. The predicted molar refractivity (Wildman–Crippen MR) is 99.2 cm³/mol. The van der Waals surface area contributed by atoms with Crippen LogP contribution >= 0.6 is 0 Å². The lowest BCUT2D eigenvalue weighted by atomic mass is 10.1. The first-order valence-electron chi connectivity index (χ1n) is 8.23. The number of fused-ring (bicyclic) bond motifs is 1. The van der Waals surface area contributed by atoms with E-state index in [1.165, 1.54) is 4.57 Å². The van der Waals surface area contributed by atoms with Gasteiger partial charge in [-0.25, -0.2) is 0 Å². The molecule has 5 heteroatoms. The molecule has 1 aromatic heterocycles. The number of nitrogens with zero attached hydrogens (tertiary/aromatic N) is 1. The van der Waals surface area contributed by atoms with Crippen molar-refractivity contribution in [2.24, 2.45) is 0 Å². The van der Waals surface area contributed by atoms with Gasteiger partial charge in [0.1, 0.15) is 11.8 Å². The predicted octanol–water partition coefficient (Wildman–Crippen LogP) is 3.60. The summed E-state index contributed by atoms with van der Waals surface area (Å²) in [7, 11) is 0. The molecule has 1 amide bonds. The Kier molecular flexibility index (Phi) is 4.84. The molecule has 3 aromatic rings. The Morgan fingerprint density at radius 3 is 2.56 bits per heavy atom. The Hall–Kier alpha value is -3.08. The van der Waals surface area contributed by atoms with E-state index >= 15 is 0 Å². The molecule has 0 fully saturated rings. The van der Waals surface area contributed by atoms with Crippen LogP contribution in [-0.2, 0) is 4.79 Å². The van der Waals surface area contributed by atoms with E-state index in [2.05, 4.69) is 5.32 Å². The molecule has 0 aliphatic rings. The average molecular weight is 336 g/mol. The molecule has 0 saturated heterocycles. The number of pyridine rings is 1. The molecule has 2 aromatic carbocycles. The molecule has 0 bridgehead atoms. The molecule has 1 atom stereocenters. The van der Waals surface area contributed by atoms with Crippen molar-refractivity contribution in [1.82, 2.24) is 4.57 Å². The maximum absolute atomic E-state index is 12.6. The first-order valence-corrected chi connectivity index (χ1v) is 8.23. The third kappa shape index (κ3) is 3.55. The molecule has 0 saturated carbocycles. The van der Waals surface area contributed by atoms with Crippen LogP contribution in [0.3, 0.4) is 0 Å². The lowest BCUT2D eigenvalue weighted by Crippen LogP contribution is -2.31. The molecule has 0 aliphatic heterocycles. The highest BCUT2D eigenvalue weighted by atomic mass is 16.5. The van der Waals surface area contributed by atoms with Crippen molar-refractivity contribution < 1.29 is 9.53 Å². The maximum Gasteiger partial charge on any atom is 0.259 e. The van der Waals surface area contributed by atoms with Gasteiger partial charge < -0.3 is 14.6 Å². The van der Waals surface area contributed by atoms with Gasteiger partial charge in [-0.05, 0) is 55.6 Å². The molecule has 0 radical (unpaired) electrons. The van der Waals surface area contributed by atoms with E-state index in [4.69, 9.17) is 4.74 Å². The van der Waals surface area contributed by atoms with Crippen molar-refractivity contribution in [3.05, 3.63) is 71.1 Å². The van der Waals surface area contributed by atoms with Crippen LogP contribution in [0.25, 0.3) is 10.8 Å². The van der Waals surface area contributed by atoms with E-state index in [9.17, 15) is 9.59 Å². The topological polar surface area (TPSA) is 60.3 Å². The number of nitrogens with one attached hydrogen (secondary N) is 1. The van der Waals surface area contributed by atoms with Crippen LogP contribution in [0.4, 0.5) is 5.69 Å². The van der Waals surface area contributed by atoms with E-state index in [-0.39, 0.29) is 11.5 Å². The van der Waals surface area contributed by atoms with Crippen molar-refractivity contribution in [3.8, 4) is 5.75 Å². The lowest BCUT2D eigenvalue weighted by Gasteiger charge is -2.16. The second-order valence-electron chi connectivity index (χ2n) is 5.74. The second kappa shape index (κ2) is 7.21. The quantitative estimate of drug-likeness (QED) is 0.774. The first-order chi connectivity index (χ1) is 12.1. The van der Waals surface area contributed by atoms with Gasteiger partial charge in [0.15, 0.2) is 0 Å². The number of anilines is 1. The number of hydrogen-bond donors (Lipinski definition) is 1. The van der Waals surface area contributed by atoms with Gasteiger partial charge in [0.2, 0.25) is 5.91 Å². The smallest absolute Gasteiger partial charge is 0.259 e. The maximum atomic E-state index is 12.6.